The van der Waals surface area contributed by atoms with E-state index in [0.717, 1.165) is 31.2 Å². The fourth-order valence-corrected chi connectivity index (χ4v) is 4.02. The second-order valence-electron chi connectivity index (χ2n) is 7.98. The van der Waals surface area contributed by atoms with Gasteiger partial charge in [0.05, 0.1) is 0 Å². The van der Waals surface area contributed by atoms with E-state index in [1.165, 1.54) is 24.3 Å². The highest BCUT2D eigenvalue weighted by Crippen LogP contribution is 2.19. The number of hydrogen-bond acceptors (Lipinski definition) is 3. The van der Waals surface area contributed by atoms with Gasteiger partial charge in [-0.2, -0.15) is 0 Å². The molecule has 0 unspecified atom stereocenters. The van der Waals surface area contributed by atoms with Crippen molar-refractivity contribution in [2.75, 3.05) is 13.2 Å². The van der Waals surface area contributed by atoms with E-state index >= 15 is 0 Å². The molecule has 1 saturated carbocycles. The average molecular weight is 427 g/mol. The fourth-order valence-electron chi connectivity index (χ4n) is 4.02. The summed E-state index contributed by atoms with van der Waals surface area (Å²) in [6.45, 7) is 2.14. The quantitative estimate of drug-likeness (QED) is 0.622. The smallest absolute Gasteiger partial charge is 0.261 e. The summed E-state index contributed by atoms with van der Waals surface area (Å²) < 4.78 is 18.7. The zero-order chi connectivity index (χ0) is 22.1. The van der Waals surface area contributed by atoms with Crippen molar-refractivity contribution in [1.82, 2.24) is 10.2 Å². The minimum Gasteiger partial charge on any atom is -0.484 e. The first kappa shape index (κ1) is 22.8. The highest BCUT2D eigenvalue weighted by Gasteiger charge is 2.30. The molecule has 0 radical (unpaired) electrons. The Morgan fingerprint density at radius 1 is 1.10 bits per heavy atom. The van der Waals surface area contributed by atoms with Crippen LogP contribution in [0.3, 0.4) is 0 Å². The van der Waals surface area contributed by atoms with Crippen LogP contribution < -0.4 is 10.1 Å². The Kier molecular flexibility index (Phi) is 8.44. The van der Waals surface area contributed by atoms with Crippen molar-refractivity contribution in [3.05, 3.63) is 66.0 Å². The molecule has 0 aliphatic heterocycles. The van der Waals surface area contributed by atoms with Crippen molar-refractivity contribution in [3.63, 3.8) is 0 Å². The van der Waals surface area contributed by atoms with Crippen molar-refractivity contribution in [2.24, 2.45) is 0 Å². The summed E-state index contributed by atoms with van der Waals surface area (Å²) in [5, 5.41) is 3.13. The van der Waals surface area contributed by atoms with Gasteiger partial charge in [0.1, 0.15) is 17.6 Å². The van der Waals surface area contributed by atoms with E-state index in [-0.39, 0.29) is 30.3 Å². The van der Waals surface area contributed by atoms with Crippen molar-refractivity contribution in [2.45, 2.75) is 57.5 Å². The molecule has 0 heterocycles. The Morgan fingerprint density at radius 2 is 1.77 bits per heavy atom. The van der Waals surface area contributed by atoms with E-state index in [0.29, 0.717) is 25.1 Å². The van der Waals surface area contributed by atoms with Crippen LogP contribution in [0, 0.1) is 5.82 Å². The minimum absolute atomic E-state index is 0.0995. The van der Waals surface area contributed by atoms with Crippen LogP contribution in [0.15, 0.2) is 54.6 Å². The molecular weight excluding hydrogens is 395 g/mol. The van der Waals surface area contributed by atoms with Crippen LogP contribution in [-0.2, 0) is 16.0 Å². The maximum Gasteiger partial charge on any atom is 0.261 e. The van der Waals surface area contributed by atoms with Crippen molar-refractivity contribution < 1.29 is 18.7 Å². The van der Waals surface area contributed by atoms with Crippen LogP contribution in [0.1, 0.15) is 44.6 Å². The molecule has 0 saturated heterocycles. The van der Waals surface area contributed by atoms with E-state index in [9.17, 15) is 14.0 Å². The van der Waals surface area contributed by atoms with E-state index in [1.54, 1.807) is 4.90 Å². The van der Waals surface area contributed by atoms with Gasteiger partial charge in [0, 0.05) is 12.6 Å². The van der Waals surface area contributed by atoms with Gasteiger partial charge in [-0.3, -0.25) is 9.59 Å². The van der Waals surface area contributed by atoms with E-state index in [1.807, 2.05) is 37.3 Å². The SMILES string of the molecule is CC[C@@H](C(=O)NC1CCCC1)N(CCc1ccccc1)C(=O)COc1ccc(F)cc1. The predicted molar refractivity (Wildman–Crippen MR) is 118 cm³/mol. The molecular formula is C25H31FN2O3. The standard InChI is InChI=1S/C25H31FN2O3/c1-2-23(25(30)27-21-10-6-7-11-21)28(17-16-19-8-4-3-5-9-19)24(29)18-31-22-14-12-20(26)13-15-22/h3-5,8-9,12-15,21,23H,2,6-7,10-11,16-18H2,1H3,(H,27,30)/t23-/m0/s1. The third kappa shape index (κ3) is 6.81. The third-order valence-electron chi connectivity index (χ3n) is 5.75. The third-order valence-corrected chi connectivity index (χ3v) is 5.75. The number of hydrogen-bond donors (Lipinski definition) is 1. The number of rotatable bonds is 10. The molecule has 2 aromatic rings. The Balaban J connectivity index is 1.68. The number of nitrogens with zero attached hydrogens (tertiary/aromatic N) is 1. The minimum atomic E-state index is -0.548. The first-order valence-corrected chi connectivity index (χ1v) is 11.1. The summed E-state index contributed by atoms with van der Waals surface area (Å²) in [6.07, 6.45) is 5.42. The zero-order valence-electron chi connectivity index (χ0n) is 18.1. The number of benzene rings is 2. The van der Waals surface area contributed by atoms with Crippen LogP contribution in [0.4, 0.5) is 4.39 Å². The predicted octanol–water partition coefficient (Wildman–Crippen LogP) is 4.11. The van der Waals surface area contributed by atoms with Crippen LogP contribution in [-0.4, -0.2) is 41.9 Å². The molecule has 5 nitrogen and oxygen atoms in total. The molecule has 2 aromatic carbocycles. The van der Waals surface area contributed by atoms with Crippen molar-refractivity contribution in [1.29, 1.82) is 0 Å². The van der Waals surface area contributed by atoms with Gasteiger partial charge < -0.3 is 15.0 Å². The monoisotopic (exact) mass is 426 g/mol. The summed E-state index contributed by atoms with van der Waals surface area (Å²) in [7, 11) is 0. The number of nitrogens with one attached hydrogen (secondary N) is 1. The lowest BCUT2D eigenvalue weighted by atomic mass is 10.1. The molecule has 0 aromatic heterocycles. The lowest BCUT2D eigenvalue weighted by Crippen LogP contribution is -2.52. The van der Waals surface area contributed by atoms with Gasteiger partial charge in [-0.25, -0.2) is 4.39 Å². The van der Waals surface area contributed by atoms with Gasteiger partial charge in [0.2, 0.25) is 5.91 Å². The van der Waals surface area contributed by atoms with Crippen LogP contribution >= 0.6 is 0 Å². The van der Waals surface area contributed by atoms with Gasteiger partial charge in [0.15, 0.2) is 6.61 Å². The maximum atomic E-state index is 13.1. The molecule has 1 aliphatic rings. The fraction of sp³-hybridized carbons (Fsp3) is 0.440. The molecule has 1 atom stereocenters. The summed E-state index contributed by atoms with van der Waals surface area (Å²) in [5.41, 5.74) is 1.10. The Labute approximate surface area is 183 Å². The van der Waals surface area contributed by atoms with Crippen molar-refractivity contribution >= 4 is 11.8 Å². The topological polar surface area (TPSA) is 58.6 Å². The highest BCUT2D eigenvalue weighted by atomic mass is 19.1. The molecule has 0 spiro atoms. The van der Waals surface area contributed by atoms with Crippen LogP contribution in [0.5, 0.6) is 5.75 Å². The molecule has 31 heavy (non-hydrogen) atoms. The lowest BCUT2D eigenvalue weighted by Gasteiger charge is -2.31. The number of carbonyl (C=O) groups is 2. The molecule has 3 rings (SSSR count). The summed E-state index contributed by atoms with van der Waals surface area (Å²) >= 11 is 0. The average Bonchev–Trinajstić information content (AvgIpc) is 3.29. The van der Waals surface area contributed by atoms with Crippen LogP contribution in [0.25, 0.3) is 0 Å². The molecule has 2 amide bonds. The van der Waals surface area contributed by atoms with Gasteiger partial charge in [-0.05, 0) is 55.5 Å². The summed E-state index contributed by atoms with van der Waals surface area (Å²) in [5.74, 6) is -0.301. The molecule has 0 bridgehead atoms. The second kappa shape index (κ2) is 11.5. The Hall–Kier alpha value is -2.89. The first-order valence-electron chi connectivity index (χ1n) is 11.1. The van der Waals surface area contributed by atoms with Gasteiger partial charge in [-0.1, -0.05) is 50.1 Å². The normalized spacial score (nSPS) is 14.8. The zero-order valence-corrected chi connectivity index (χ0v) is 18.1. The highest BCUT2D eigenvalue weighted by molar-refractivity contribution is 5.88. The van der Waals surface area contributed by atoms with Crippen LogP contribution in [0.2, 0.25) is 0 Å². The van der Waals surface area contributed by atoms with E-state index < -0.39 is 6.04 Å². The first-order chi connectivity index (χ1) is 15.1. The summed E-state index contributed by atoms with van der Waals surface area (Å²) in [6, 6.07) is 15.1. The molecule has 1 N–H and O–H groups in total. The molecule has 1 fully saturated rings. The van der Waals surface area contributed by atoms with Gasteiger partial charge >= 0.3 is 0 Å². The van der Waals surface area contributed by atoms with E-state index in [2.05, 4.69) is 5.32 Å². The van der Waals surface area contributed by atoms with Crippen molar-refractivity contribution in [3.8, 4) is 5.75 Å². The molecule has 166 valence electrons. The second-order valence-corrected chi connectivity index (χ2v) is 7.98. The Morgan fingerprint density at radius 3 is 2.42 bits per heavy atom. The van der Waals surface area contributed by atoms with E-state index in [4.69, 9.17) is 4.74 Å². The lowest BCUT2D eigenvalue weighted by molar-refractivity contribution is -0.142. The number of halogens is 1. The largest absolute Gasteiger partial charge is 0.484 e. The number of carbonyl (C=O) groups excluding carboxylic acids is 2. The number of ether oxygens (including phenoxy) is 1. The maximum absolute atomic E-state index is 13.1. The summed E-state index contributed by atoms with van der Waals surface area (Å²) in [4.78, 5) is 27.7. The Bertz CT molecular complexity index is 836. The number of amides is 2. The van der Waals surface area contributed by atoms with Gasteiger partial charge in [0.25, 0.3) is 5.91 Å². The molecule has 6 heteroatoms. The molecule has 1 aliphatic carbocycles. The van der Waals surface area contributed by atoms with Gasteiger partial charge in [-0.15, -0.1) is 0 Å².